The van der Waals surface area contributed by atoms with Crippen molar-refractivity contribution < 1.29 is 4.74 Å². The average molecular weight is 626 g/mol. The second-order valence-electron chi connectivity index (χ2n) is 11.7. The molecule has 5 aromatic rings. The van der Waals surface area contributed by atoms with Crippen LogP contribution in [0.15, 0.2) is 96.6 Å². The van der Waals surface area contributed by atoms with Crippen LogP contribution in [0.2, 0.25) is 0 Å². The molecule has 0 aliphatic heterocycles. The summed E-state index contributed by atoms with van der Waals surface area (Å²) < 4.78 is 7.68. The molecule has 2 aromatic heterocycles. The normalized spacial score (nSPS) is 11.6. The minimum atomic E-state index is 0.734. The molecule has 0 radical (unpaired) electrons. The number of aryl methyl sites for hydroxylation is 2. The molecule has 2 heterocycles. The summed E-state index contributed by atoms with van der Waals surface area (Å²) in [5, 5.41) is 9.33. The highest BCUT2D eigenvalue weighted by atomic mass is 32.1. The maximum Gasteiger partial charge on any atom is 0.119 e. The Morgan fingerprint density at radius 3 is 2.15 bits per heavy atom. The van der Waals surface area contributed by atoms with Crippen LogP contribution in [0.5, 0.6) is 5.75 Å². The molecule has 0 bridgehead atoms. The molecule has 46 heavy (non-hydrogen) atoms. The average Bonchev–Trinajstić information content (AvgIpc) is 3.65. The molecular formula is C41H43N3OS. The van der Waals surface area contributed by atoms with Gasteiger partial charge in [0.05, 0.1) is 23.8 Å². The van der Waals surface area contributed by atoms with Crippen LogP contribution in [0.4, 0.5) is 17.1 Å². The molecule has 0 fully saturated rings. The highest BCUT2D eigenvalue weighted by Gasteiger charge is 2.15. The van der Waals surface area contributed by atoms with Crippen LogP contribution in [0, 0.1) is 18.3 Å². The van der Waals surface area contributed by atoms with E-state index in [1.807, 2.05) is 25.1 Å². The highest BCUT2D eigenvalue weighted by molar-refractivity contribution is 7.16. The predicted molar refractivity (Wildman–Crippen MR) is 197 cm³/mol. The standard InChI is InChI=1S/C41H43N3OS/c1-6-7-8-9-10-33-28-39(27-31(3)29-42)46-41(33)40-26-23-34(43(40)4)18-13-32-14-19-36(20-15-32)44(35-16-11-30(2)12-17-35)37-21-24-38(45-5)25-22-37/h11-28H,6-10H2,1-5H3/b18-13+,31-27-. The number of anilines is 3. The molecule has 0 unspecified atom stereocenters. The van der Waals surface area contributed by atoms with E-state index in [1.54, 1.807) is 18.4 Å². The Hall–Kier alpha value is -4.79. The molecular weight excluding hydrogens is 583 g/mol. The quantitative estimate of drug-likeness (QED) is 0.0965. The fraction of sp³-hybridized carbons (Fsp3) is 0.244. The van der Waals surface area contributed by atoms with E-state index in [4.69, 9.17) is 4.74 Å². The first-order chi connectivity index (χ1) is 22.4. The van der Waals surface area contributed by atoms with Crippen LogP contribution in [0.3, 0.4) is 0 Å². The van der Waals surface area contributed by atoms with Gasteiger partial charge < -0.3 is 14.2 Å². The number of methoxy groups -OCH3 is 1. The summed E-state index contributed by atoms with van der Waals surface area (Å²) in [4.78, 5) is 4.71. The van der Waals surface area contributed by atoms with Gasteiger partial charge in [-0.25, -0.2) is 0 Å². The minimum Gasteiger partial charge on any atom is -0.497 e. The Morgan fingerprint density at radius 2 is 1.52 bits per heavy atom. The third-order valence-electron chi connectivity index (χ3n) is 8.28. The SMILES string of the molecule is CCCCCCc1cc(/C=C(/C)C#N)sc1-c1ccc(/C=C/c2ccc(N(c3ccc(C)cc3)c3ccc(OC)cc3)cc2)n1C. The van der Waals surface area contributed by atoms with E-state index < -0.39 is 0 Å². The van der Waals surface area contributed by atoms with Crippen LogP contribution < -0.4 is 9.64 Å². The zero-order valence-electron chi connectivity index (χ0n) is 27.6. The molecule has 0 saturated carbocycles. The molecule has 0 amide bonds. The molecule has 0 N–H and O–H groups in total. The van der Waals surface area contributed by atoms with Crippen molar-refractivity contribution in [2.75, 3.05) is 12.0 Å². The fourth-order valence-electron chi connectivity index (χ4n) is 5.62. The Bertz CT molecular complexity index is 1830. The van der Waals surface area contributed by atoms with Crippen LogP contribution in [0.1, 0.15) is 66.8 Å². The van der Waals surface area contributed by atoms with Crippen molar-refractivity contribution in [1.82, 2.24) is 4.57 Å². The summed E-state index contributed by atoms with van der Waals surface area (Å²) >= 11 is 1.78. The number of unbranched alkanes of at least 4 members (excludes halogenated alkanes) is 3. The van der Waals surface area contributed by atoms with E-state index in [2.05, 4.69) is 127 Å². The van der Waals surface area contributed by atoms with Crippen LogP contribution in [-0.2, 0) is 13.5 Å². The second kappa shape index (κ2) is 15.5. The van der Waals surface area contributed by atoms with E-state index >= 15 is 0 Å². The molecule has 0 aliphatic rings. The molecule has 3 aromatic carbocycles. The van der Waals surface area contributed by atoms with Gasteiger partial charge in [-0.05, 0) is 117 Å². The largest absolute Gasteiger partial charge is 0.497 e. The van der Waals surface area contributed by atoms with E-state index in [0.29, 0.717) is 0 Å². The summed E-state index contributed by atoms with van der Waals surface area (Å²) in [7, 11) is 3.83. The fourth-order valence-corrected chi connectivity index (χ4v) is 6.90. The Balaban J connectivity index is 1.39. The van der Waals surface area contributed by atoms with Gasteiger partial charge in [0.2, 0.25) is 0 Å². The molecule has 0 saturated heterocycles. The lowest BCUT2D eigenvalue weighted by Gasteiger charge is -2.26. The number of thiophene rings is 1. The summed E-state index contributed by atoms with van der Waals surface area (Å²) in [5.74, 6) is 0.838. The van der Waals surface area contributed by atoms with E-state index in [0.717, 1.165) is 50.9 Å². The Kier molecular flexibility index (Phi) is 11.0. The van der Waals surface area contributed by atoms with Crippen LogP contribution >= 0.6 is 11.3 Å². The van der Waals surface area contributed by atoms with Gasteiger partial charge in [0.25, 0.3) is 0 Å². The van der Waals surface area contributed by atoms with Crippen molar-refractivity contribution in [3.8, 4) is 22.4 Å². The predicted octanol–water partition coefficient (Wildman–Crippen LogP) is 11.8. The maximum absolute atomic E-state index is 9.33. The first kappa shape index (κ1) is 32.6. The Morgan fingerprint density at radius 1 is 0.870 bits per heavy atom. The zero-order chi connectivity index (χ0) is 32.5. The number of nitrogens with zero attached hydrogens (tertiary/aromatic N) is 3. The van der Waals surface area contributed by atoms with E-state index in [9.17, 15) is 5.26 Å². The van der Waals surface area contributed by atoms with Crippen molar-refractivity contribution in [3.05, 3.63) is 124 Å². The van der Waals surface area contributed by atoms with Crippen LogP contribution in [-0.4, -0.2) is 11.7 Å². The van der Waals surface area contributed by atoms with Crippen molar-refractivity contribution in [1.29, 1.82) is 5.26 Å². The summed E-state index contributed by atoms with van der Waals surface area (Å²) in [6, 6.07) is 34.5. The molecule has 0 aliphatic carbocycles. The van der Waals surface area contributed by atoms with Crippen molar-refractivity contribution in [2.24, 2.45) is 7.05 Å². The topological polar surface area (TPSA) is 41.2 Å². The molecule has 0 spiro atoms. The molecule has 234 valence electrons. The lowest BCUT2D eigenvalue weighted by Crippen LogP contribution is -2.09. The Labute approximate surface area is 278 Å². The third-order valence-corrected chi connectivity index (χ3v) is 9.42. The summed E-state index contributed by atoms with van der Waals surface area (Å²) in [6.45, 7) is 6.23. The molecule has 5 rings (SSSR count). The van der Waals surface area contributed by atoms with Gasteiger partial charge in [-0.3, -0.25) is 0 Å². The number of hydrogen-bond donors (Lipinski definition) is 0. The van der Waals surface area contributed by atoms with Gasteiger partial charge >= 0.3 is 0 Å². The lowest BCUT2D eigenvalue weighted by molar-refractivity contribution is 0.415. The first-order valence-corrected chi connectivity index (χ1v) is 16.9. The van der Waals surface area contributed by atoms with Crippen molar-refractivity contribution in [3.63, 3.8) is 0 Å². The lowest BCUT2D eigenvalue weighted by atomic mass is 10.1. The number of benzene rings is 3. The number of rotatable bonds is 13. The van der Waals surface area contributed by atoms with Gasteiger partial charge in [-0.15, -0.1) is 11.3 Å². The number of nitriles is 1. The number of allylic oxidation sites excluding steroid dienone is 1. The van der Waals surface area contributed by atoms with Gasteiger partial charge in [-0.2, -0.15) is 5.26 Å². The van der Waals surface area contributed by atoms with Gasteiger partial charge in [0, 0.05) is 40.3 Å². The molecule has 4 nitrogen and oxygen atoms in total. The maximum atomic E-state index is 9.33. The first-order valence-electron chi connectivity index (χ1n) is 16.1. The van der Waals surface area contributed by atoms with Crippen molar-refractivity contribution in [2.45, 2.75) is 52.9 Å². The summed E-state index contributed by atoms with van der Waals surface area (Å²) in [6.07, 6.45) is 12.4. The number of hydrogen-bond acceptors (Lipinski definition) is 4. The van der Waals surface area contributed by atoms with E-state index in [-0.39, 0.29) is 0 Å². The third kappa shape index (κ3) is 7.88. The zero-order valence-corrected chi connectivity index (χ0v) is 28.4. The van der Waals surface area contributed by atoms with Crippen molar-refractivity contribution >= 4 is 46.6 Å². The summed E-state index contributed by atoms with van der Waals surface area (Å²) in [5.41, 5.74) is 10.1. The van der Waals surface area contributed by atoms with Crippen LogP contribution in [0.25, 0.3) is 28.8 Å². The molecule has 5 heteroatoms. The monoisotopic (exact) mass is 625 g/mol. The minimum absolute atomic E-state index is 0.734. The van der Waals surface area contributed by atoms with Gasteiger partial charge in [0.15, 0.2) is 0 Å². The van der Waals surface area contributed by atoms with Gasteiger partial charge in [-0.1, -0.05) is 62.1 Å². The molecule has 0 atom stereocenters. The van der Waals surface area contributed by atoms with Gasteiger partial charge in [0.1, 0.15) is 5.75 Å². The highest BCUT2D eigenvalue weighted by Crippen LogP contribution is 2.37. The smallest absolute Gasteiger partial charge is 0.119 e. The number of ether oxygens (including phenoxy) is 1. The number of aromatic nitrogens is 1. The van der Waals surface area contributed by atoms with E-state index in [1.165, 1.54) is 47.4 Å². The second-order valence-corrected chi connectivity index (χ2v) is 12.8.